The highest BCUT2D eigenvalue weighted by molar-refractivity contribution is 5.82. The first kappa shape index (κ1) is 13.8. The van der Waals surface area contributed by atoms with Gasteiger partial charge in [-0.05, 0) is 37.0 Å². The second kappa shape index (κ2) is 4.79. The minimum absolute atomic E-state index is 0.292. The third-order valence-corrected chi connectivity index (χ3v) is 3.98. The lowest BCUT2D eigenvalue weighted by molar-refractivity contribution is -0.143. The average molecular weight is 270 g/mol. The van der Waals surface area contributed by atoms with Gasteiger partial charge in [-0.2, -0.15) is 0 Å². The molecule has 0 radical (unpaired) electrons. The number of alkyl halides is 2. The Morgan fingerprint density at radius 1 is 1.32 bits per heavy atom. The summed E-state index contributed by atoms with van der Waals surface area (Å²) in [6.45, 7) is 1.51. The maximum Gasteiger partial charge on any atom is 0.314 e. The van der Waals surface area contributed by atoms with Crippen molar-refractivity contribution in [2.24, 2.45) is 0 Å². The summed E-state index contributed by atoms with van der Waals surface area (Å²) < 4.78 is 25.8. The molecule has 1 aliphatic rings. The van der Waals surface area contributed by atoms with E-state index >= 15 is 0 Å². The fraction of sp³-hybridized carbons (Fsp3) is 0.500. The Kier molecular flexibility index (Phi) is 3.47. The van der Waals surface area contributed by atoms with Crippen molar-refractivity contribution in [1.82, 2.24) is 0 Å². The lowest BCUT2D eigenvalue weighted by Crippen LogP contribution is -2.32. The highest BCUT2D eigenvalue weighted by atomic mass is 19.3. The van der Waals surface area contributed by atoms with Gasteiger partial charge < -0.3 is 10.2 Å². The first-order chi connectivity index (χ1) is 8.88. The molecule has 1 aliphatic carbocycles. The van der Waals surface area contributed by atoms with Crippen LogP contribution in [0.3, 0.4) is 0 Å². The SMILES string of the molecule is Cc1cc(C2(C(=O)O)CCCC2)cc(C(F)F)c1O. The van der Waals surface area contributed by atoms with Crippen molar-refractivity contribution in [3.05, 3.63) is 28.8 Å². The molecule has 1 aromatic carbocycles. The number of halogens is 2. The van der Waals surface area contributed by atoms with E-state index in [2.05, 4.69) is 0 Å². The normalized spacial score (nSPS) is 17.9. The number of aliphatic carboxylic acids is 1. The number of aromatic hydroxyl groups is 1. The highest BCUT2D eigenvalue weighted by Gasteiger charge is 2.43. The minimum atomic E-state index is -2.81. The molecule has 0 bridgehead atoms. The Morgan fingerprint density at radius 2 is 1.89 bits per heavy atom. The summed E-state index contributed by atoms with van der Waals surface area (Å²) in [5.41, 5.74) is -0.895. The Labute approximate surface area is 109 Å². The molecular weight excluding hydrogens is 254 g/mol. The van der Waals surface area contributed by atoms with Gasteiger partial charge in [0, 0.05) is 0 Å². The summed E-state index contributed by atoms with van der Waals surface area (Å²) in [6, 6.07) is 2.66. The molecule has 19 heavy (non-hydrogen) atoms. The summed E-state index contributed by atoms with van der Waals surface area (Å²) in [6.07, 6.45) is -0.359. The fourth-order valence-corrected chi connectivity index (χ4v) is 2.85. The third-order valence-electron chi connectivity index (χ3n) is 3.98. The molecule has 0 amide bonds. The van der Waals surface area contributed by atoms with E-state index in [9.17, 15) is 23.8 Å². The number of carboxylic acid groups (broad SMARTS) is 1. The third kappa shape index (κ3) is 2.17. The molecule has 1 aromatic rings. The molecular formula is C14H16F2O3. The summed E-state index contributed by atoms with van der Waals surface area (Å²) in [4.78, 5) is 11.6. The van der Waals surface area contributed by atoms with Gasteiger partial charge in [0.1, 0.15) is 5.75 Å². The standard InChI is InChI=1S/C14H16F2O3/c1-8-6-9(7-10(11(8)17)12(15)16)14(13(18)19)4-2-3-5-14/h6-7,12,17H,2-5H2,1H3,(H,18,19). The van der Waals surface area contributed by atoms with Gasteiger partial charge in [0.25, 0.3) is 6.43 Å². The second-order valence-electron chi connectivity index (χ2n) is 5.13. The predicted octanol–water partition coefficient (Wildman–Crippen LogP) is 3.53. The Bertz CT molecular complexity index is 506. The molecule has 0 heterocycles. The molecule has 2 rings (SSSR count). The van der Waals surface area contributed by atoms with E-state index in [1.807, 2.05) is 0 Å². The van der Waals surface area contributed by atoms with Crippen LogP contribution >= 0.6 is 0 Å². The molecule has 5 heteroatoms. The van der Waals surface area contributed by atoms with Crippen molar-refractivity contribution < 1.29 is 23.8 Å². The fourth-order valence-electron chi connectivity index (χ4n) is 2.85. The second-order valence-corrected chi connectivity index (χ2v) is 5.13. The number of carbonyl (C=O) groups is 1. The monoisotopic (exact) mass is 270 g/mol. The van der Waals surface area contributed by atoms with E-state index in [0.717, 1.165) is 18.9 Å². The highest BCUT2D eigenvalue weighted by Crippen LogP contribution is 2.44. The van der Waals surface area contributed by atoms with E-state index < -0.39 is 29.1 Å². The van der Waals surface area contributed by atoms with E-state index in [1.54, 1.807) is 0 Å². The van der Waals surface area contributed by atoms with Gasteiger partial charge in [-0.3, -0.25) is 4.79 Å². The van der Waals surface area contributed by atoms with Crippen LogP contribution in [0.25, 0.3) is 0 Å². The van der Waals surface area contributed by atoms with E-state index in [4.69, 9.17) is 0 Å². The zero-order valence-electron chi connectivity index (χ0n) is 10.6. The summed E-state index contributed by atoms with van der Waals surface area (Å²) in [5, 5.41) is 19.1. The first-order valence-corrected chi connectivity index (χ1v) is 6.24. The number of carboxylic acids is 1. The van der Waals surface area contributed by atoms with Crippen molar-refractivity contribution in [1.29, 1.82) is 0 Å². The van der Waals surface area contributed by atoms with Gasteiger partial charge in [-0.15, -0.1) is 0 Å². The molecule has 0 unspecified atom stereocenters. The van der Waals surface area contributed by atoms with Gasteiger partial charge in [0.15, 0.2) is 0 Å². The lowest BCUT2D eigenvalue weighted by atomic mass is 9.77. The molecule has 0 aromatic heterocycles. The molecule has 0 aliphatic heterocycles. The quantitative estimate of drug-likeness (QED) is 0.883. The molecule has 0 atom stereocenters. The maximum atomic E-state index is 12.9. The van der Waals surface area contributed by atoms with Gasteiger partial charge in [0.05, 0.1) is 11.0 Å². The molecule has 3 nitrogen and oxygen atoms in total. The molecule has 0 spiro atoms. The van der Waals surface area contributed by atoms with Crippen LogP contribution in [-0.2, 0) is 10.2 Å². The number of rotatable bonds is 3. The van der Waals surface area contributed by atoms with Gasteiger partial charge in [0.2, 0.25) is 0 Å². The molecule has 104 valence electrons. The van der Waals surface area contributed by atoms with Crippen molar-refractivity contribution in [2.75, 3.05) is 0 Å². The zero-order valence-corrected chi connectivity index (χ0v) is 10.6. The van der Waals surface area contributed by atoms with Crippen LogP contribution in [-0.4, -0.2) is 16.2 Å². The van der Waals surface area contributed by atoms with Crippen molar-refractivity contribution in [3.63, 3.8) is 0 Å². The van der Waals surface area contributed by atoms with Crippen LogP contribution in [0.4, 0.5) is 8.78 Å². The lowest BCUT2D eigenvalue weighted by Gasteiger charge is -2.26. The average Bonchev–Trinajstić information content (AvgIpc) is 2.82. The van der Waals surface area contributed by atoms with Gasteiger partial charge >= 0.3 is 5.97 Å². The minimum Gasteiger partial charge on any atom is -0.507 e. The van der Waals surface area contributed by atoms with Crippen LogP contribution in [0, 0.1) is 6.92 Å². The van der Waals surface area contributed by atoms with E-state index in [1.165, 1.54) is 13.0 Å². The van der Waals surface area contributed by atoms with Crippen LogP contribution in [0.1, 0.15) is 48.8 Å². The van der Waals surface area contributed by atoms with Crippen LogP contribution in [0.2, 0.25) is 0 Å². The van der Waals surface area contributed by atoms with Crippen molar-refractivity contribution in [2.45, 2.75) is 44.4 Å². The smallest absolute Gasteiger partial charge is 0.314 e. The summed E-state index contributed by atoms with van der Waals surface area (Å²) in [5.74, 6) is -1.42. The molecule has 1 fully saturated rings. The Morgan fingerprint density at radius 3 is 2.37 bits per heavy atom. The number of phenols is 1. The number of benzene rings is 1. The summed E-state index contributed by atoms with van der Waals surface area (Å²) in [7, 11) is 0. The molecule has 1 saturated carbocycles. The number of aryl methyl sites for hydroxylation is 1. The van der Waals surface area contributed by atoms with Gasteiger partial charge in [-0.25, -0.2) is 8.78 Å². The number of phenolic OH excluding ortho intramolecular Hbond substituents is 1. The molecule has 0 saturated heterocycles. The van der Waals surface area contributed by atoms with Crippen molar-refractivity contribution in [3.8, 4) is 5.75 Å². The first-order valence-electron chi connectivity index (χ1n) is 6.24. The van der Waals surface area contributed by atoms with Gasteiger partial charge in [-0.1, -0.05) is 18.9 Å². The topological polar surface area (TPSA) is 57.5 Å². The molecule has 2 N–H and O–H groups in total. The van der Waals surface area contributed by atoms with Crippen molar-refractivity contribution >= 4 is 5.97 Å². The van der Waals surface area contributed by atoms with Crippen LogP contribution < -0.4 is 0 Å². The number of hydrogen-bond donors (Lipinski definition) is 2. The van der Waals surface area contributed by atoms with Crippen LogP contribution in [0.5, 0.6) is 5.75 Å². The predicted molar refractivity (Wildman–Crippen MR) is 65.6 cm³/mol. The Balaban J connectivity index is 2.59. The number of hydrogen-bond acceptors (Lipinski definition) is 2. The Hall–Kier alpha value is -1.65. The maximum absolute atomic E-state index is 12.9. The van der Waals surface area contributed by atoms with E-state index in [0.29, 0.717) is 24.0 Å². The van der Waals surface area contributed by atoms with Crippen LogP contribution in [0.15, 0.2) is 12.1 Å². The zero-order chi connectivity index (χ0) is 14.2. The van der Waals surface area contributed by atoms with E-state index in [-0.39, 0.29) is 0 Å². The summed E-state index contributed by atoms with van der Waals surface area (Å²) >= 11 is 0. The largest absolute Gasteiger partial charge is 0.507 e.